The van der Waals surface area contributed by atoms with Crippen molar-refractivity contribution in [2.75, 3.05) is 26.2 Å². The van der Waals surface area contributed by atoms with Crippen LogP contribution in [0.25, 0.3) is 0 Å². The number of nitrogens with zero attached hydrogens (tertiary/aromatic N) is 2. The van der Waals surface area contributed by atoms with Crippen LogP contribution in [0.2, 0.25) is 0 Å². The molecule has 0 amide bonds. The van der Waals surface area contributed by atoms with Crippen molar-refractivity contribution in [3.63, 3.8) is 0 Å². The van der Waals surface area contributed by atoms with Crippen LogP contribution in [0.3, 0.4) is 0 Å². The first-order chi connectivity index (χ1) is 17.6. The van der Waals surface area contributed by atoms with E-state index >= 15 is 0 Å². The van der Waals surface area contributed by atoms with Gasteiger partial charge in [0, 0.05) is 0 Å². The second-order valence-corrected chi connectivity index (χ2v) is 15.9. The zero-order chi connectivity index (χ0) is 27.3. The number of hydrogen-bond acceptors (Lipinski definition) is 4. The average Bonchev–Trinajstić information content (AvgIpc) is 2.87. The molecule has 0 aliphatic rings. The van der Waals surface area contributed by atoms with Gasteiger partial charge in [-0.05, 0) is 0 Å². The first-order valence-corrected chi connectivity index (χ1v) is 19.7. The fourth-order valence-electron chi connectivity index (χ4n) is 3.00. The van der Waals surface area contributed by atoms with Crippen LogP contribution in [0.5, 0.6) is 0 Å². The predicted molar refractivity (Wildman–Crippen MR) is 143 cm³/mol. The monoisotopic (exact) mass is 722 g/mol. The van der Waals surface area contributed by atoms with Gasteiger partial charge < -0.3 is 0 Å². The van der Waals surface area contributed by atoms with E-state index < -0.39 is 44.6 Å². The van der Waals surface area contributed by atoms with E-state index in [-0.39, 0.29) is 36.0 Å². The number of benzene rings is 2. The molecule has 0 aliphatic carbocycles. The molecule has 0 aromatic heterocycles. The fourth-order valence-corrected chi connectivity index (χ4v) is 7.76. The summed E-state index contributed by atoms with van der Waals surface area (Å²) in [5, 5.41) is 0. The summed E-state index contributed by atoms with van der Waals surface area (Å²) in [4.78, 5) is 0.399. The van der Waals surface area contributed by atoms with Crippen LogP contribution in [-0.4, -0.2) is 51.6 Å². The van der Waals surface area contributed by atoms with Gasteiger partial charge in [0.2, 0.25) is 0 Å². The Bertz CT molecular complexity index is 1390. The van der Waals surface area contributed by atoms with Crippen molar-refractivity contribution >= 4 is 20.0 Å². The van der Waals surface area contributed by atoms with Gasteiger partial charge in [0.1, 0.15) is 0 Å². The molecule has 0 N–H and O–H groups in total. The van der Waals surface area contributed by atoms with Gasteiger partial charge in [0.25, 0.3) is 0 Å². The van der Waals surface area contributed by atoms with Crippen molar-refractivity contribution in [3.8, 4) is 18.7 Å². The number of hydrogen-bond donors (Lipinski definition) is 0. The minimum atomic E-state index is -3.72. The molecule has 0 heterocycles. The molecule has 37 heavy (non-hydrogen) atoms. The second-order valence-electron chi connectivity index (χ2n) is 7.92. The molecule has 0 spiro atoms. The third-order valence-electron chi connectivity index (χ3n) is 5.13. The molecule has 0 aliphatic heterocycles. The maximum atomic E-state index is 13.0. The molecule has 188 valence electrons. The summed E-state index contributed by atoms with van der Waals surface area (Å²) in [6.45, 7) is 11.0. The molecule has 0 fully saturated rings. The van der Waals surface area contributed by atoms with E-state index in [0.717, 1.165) is 11.1 Å². The van der Waals surface area contributed by atoms with E-state index in [0.29, 0.717) is 0 Å². The average molecular weight is 721 g/mol. The molecule has 0 saturated carbocycles. The van der Waals surface area contributed by atoms with Crippen LogP contribution in [0, 0.1) is 32.5 Å². The summed E-state index contributed by atoms with van der Waals surface area (Å²) in [6.07, 6.45) is 3.08. The summed E-state index contributed by atoms with van der Waals surface area (Å²) >= 11 is -1.98. The fraction of sp³-hybridized carbons (Fsp3) is 0.214. The van der Waals surface area contributed by atoms with Crippen LogP contribution in [0.1, 0.15) is 11.1 Å². The van der Waals surface area contributed by atoms with E-state index in [2.05, 4.69) is 43.3 Å². The van der Waals surface area contributed by atoms with Crippen LogP contribution < -0.4 is 0 Å². The summed E-state index contributed by atoms with van der Waals surface area (Å²) < 4.78 is 60.7. The maximum absolute atomic E-state index is 13.0. The van der Waals surface area contributed by atoms with Gasteiger partial charge in [0.05, 0.1) is 0 Å². The summed E-state index contributed by atoms with van der Waals surface area (Å²) in [6, 6.07) is 13.3. The molecule has 2 aromatic rings. The van der Waals surface area contributed by atoms with Crippen molar-refractivity contribution < 1.29 is 41.4 Å². The first kappa shape index (κ1) is 30.6. The summed E-state index contributed by atoms with van der Waals surface area (Å²) in [5.41, 5.74) is 7.13. The Morgan fingerprint density at radius 3 is 1.38 bits per heavy atom. The first-order valence-electron chi connectivity index (χ1n) is 11.4. The van der Waals surface area contributed by atoms with Gasteiger partial charge in [-0.25, -0.2) is 0 Å². The zero-order valence-electron chi connectivity index (χ0n) is 21.1. The van der Waals surface area contributed by atoms with Gasteiger partial charge in [-0.15, -0.1) is 0 Å². The van der Waals surface area contributed by atoms with Gasteiger partial charge in [-0.3, -0.25) is 0 Å². The van der Waals surface area contributed by atoms with Crippen LogP contribution in [0.15, 0.2) is 95.1 Å². The Morgan fingerprint density at radius 2 is 1.05 bits per heavy atom. The van der Waals surface area contributed by atoms with Gasteiger partial charge in [-0.1, -0.05) is 0 Å². The molecule has 2 aromatic carbocycles. The van der Waals surface area contributed by atoms with E-state index in [1.807, 2.05) is 13.8 Å². The minimum absolute atomic E-state index is 0.0220. The summed E-state index contributed by atoms with van der Waals surface area (Å²) in [7, 11) is -7.44. The van der Waals surface area contributed by atoms with E-state index in [4.69, 9.17) is 0 Å². The molecule has 0 radical (unpaired) electrons. The van der Waals surface area contributed by atoms with Crippen molar-refractivity contribution in [2.45, 2.75) is 23.6 Å². The molecule has 9 heteroatoms. The Kier molecular flexibility index (Phi) is 12.3. The number of rotatable bonds is 10. The topological polar surface area (TPSA) is 74.8 Å². The molecule has 0 saturated heterocycles. The summed E-state index contributed by atoms with van der Waals surface area (Å²) in [5.74, 6) is 5.87. The molecule has 0 unspecified atom stereocenters. The standard InChI is InChI=1S/2C14H14NO2S.Hg/c2*1-4-6-12-15(11-5-2)18(16,17)14-9-7-13(3)8-10-14;/h2*6-10H,1,11-12H2,3H3;. The van der Waals surface area contributed by atoms with Crippen molar-refractivity contribution in [1.82, 2.24) is 8.61 Å². The van der Waals surface area contributed by atoms with E-state index in [9.17, 15) is 16.8 Å². The molecular weight excluding hydrogens is 693 g/mol. The molecular formula is C28H28HgN2O4S2. The van der Waals surface area contributed by atoms with E-state index in [1.54, 1.807) is 48.5 Å². The van der Waals surface area contributed by atoms with Crippen LogP contribution in [-0.2, 0) is 44.6 Å². The molecule has 0 atom stereocenters. The van der Waals surface area contributed by atoms with E-state index in [1.165, 1.54) is 20.8 Å². The normalized spacial score (nSPS) is 10.7. The SMILES string of the molecule is C=C=CCN(CC#[C][Hg][C]#CCN(CC=C=C)S(=O)(=O)c1ccc(C)cc1)S(=O)(=O)c1ccc(C)cc1. The quantitative estimate of drug-likeness (QED) is 0.214. The third kappa shape index (κ3) is 9.31. The van der Waals surface area contributed by atoms with Gasteiger partial charge >= 0.3 is 235 Å². The van der Waals surface area contributed by atoms with Crippen LogP contribution in [0.4, 0.5) is 0 Å². The zero-order valence-corrected chi connectivity index (χ0v) is 28.2. The van der Waals surface area contributed by atoms with Gasteiger partial charge in [0.15, 0.2) is 0 Å². The Labute approximate surface area is 233 Å². The molecule has 0 bridgehead atoms. The van der Waals surface area contributed by atoms with Crippen molar-refractivity contribution in [2.24, 2.45) is 0 Å². The third-order valence-corrected chi connectivity index (χ3v) is 12.1. The molecule has 6 nitrogen and oxygen atoms in total. The van der Waals surface area contributed by atoms with Crippen molar-refractivity contribution in [1.29, 1.82) is 0 Å². The van der Waals surface area contributed by atoms with Crippen LogP contribution >= 0.6 is 0 Å². The van der Waals surface area contributed by atoms with Gasteiger partial charge in [-0.2, -0.15) is 0 Å². The Morgan fingerprint density at radius 1 is 0.703 bits per heavy atom. The molecule has 2 rings (SSSR count). The number of aryl methyl sites for hydroxylation is 2. The predicted octanol–water partition coefficient (Wildman–Crippen LogP) is 3.67. The second kappa shape index (κ2) is 14.9. The van der Waals surface area contributed by atoms with Crippen molar-refractivity contribution in [3.05, 3.63) is 96.4 Å². The Balaban J connectivity index is 2.10. The number of sulfonamides is 2. The Hall–Kier alpha value is -2.64.